The Morgan fingerprint density at radius 3 is 1.76 bits per heavy atom. The molecule has 7 heteroatoms. The molecule has 0 fully saturated rings. The van der Waals surface area contributed by atoms with Gasteiger partial charge in [-0.1, -0.05) is 60.7 Å². The van der Waals surface area contributed by atoms with Gasteiger partial charge in [0.25, 0.3) is 0 Å². The normalized spacial score (nSPS) is 18.6. The lowest BCUT2D eigenvalue weighted by Crippen LogP contribution is -2.57. The topological polar surface area (TPSA) is 18.5 Å². The number of fused-ring (bicyclic) bond motifs is 2. The van der Waals surface area contributed by atoms with Crippen LogP contribution in [0.5, 0.6) is 0 Å². The highest BCUT2D eigenvalue weighted by Crippen LogP contribution is 2.38. The van der Waals surface area contributed by atoms with Gasteiger partial charge in [0.05, 0.1) is 6.61 Å². The molecule has 0 saturated heterocycles. The summed E-state index contributed by atoms with van der Waals surface area (Å²) >= 11 is 3.82. The summed E-state index contributed by atoms with van der Waals surface area (Å²) in [6, 6.07) is 27.7. The number of rotatable bonds is 0. The van der Waals surface area contributed by atoms with Gasteiger partial charge in [0.1, 0.15) is 0 Å². The van der Waals surface area contributed by atoms with Gasteiger partial charge in [-0.05, 0) is 72.5 Å². The average molecular weight is 585 g/mol. The average Bonchev–Trinajstić information content (AvgIpc) is 3.44. The van der Waals surface area contributed by atoms with E-state index >= 15 is 0 Å². The molecule has 0 spiro atoms. The van der Waals surface area contributed by atoms with Crippen LogP contribution in [-0.4, -0.2) is 25.0 Å². The Bertz CT molecular complexity index is 1900. The van der Waals surface area contributed by atoms with Crippen molar-refractivity contribution in [3.05, 3.63) is 78.4 Å². The maximum absolute atomic E-state index is 7.26. The quantitative estimate of drug-likeness (QED) is 0.169. The molecule has 0 amide bonds. The zero-order valence-corrected chi connectivity index (χ0v) is 27.4. The van der Waals surface area contributed by atoms with Crippen LogP contribution in [-0.2, 0) is 15.1 Å². The van der Waals surface area contributed by atoms with E-state index in [1.54, 1.807) is 0 Å². The number of hydrogen-bond donors (Lipinski definition) is 0. The van der Waals surface area contributed by atoms with Gasteiger partial charge in [0, 0.05) is 40.3 Å². The predicted octanol–water partition coefficient (Wildman–Crippen LogP) is 7.91. The molecule has 6 aromatic rings. The third-order valence-corrected chi connectivity index (χ3v) is 20.9. The van der Waals surface area contributed by atoms with Crippen LogP contribution in [0.25, 0.3) is 40.3 Å². The third kappa shape index (κ3) is 3.83. The largest absolute Gasteiger partial charge is 0.449 e. The number of hydrogen-bond acceptors (Lipinski definition) is 4. The summed E-state index contributed by atoms with van der Waals surface area (Å²) in [7, 11) is -6.52. The van der Waals surface area contributed by atoms with E-state index in [0.29, 0.717) is 6.61 Å². The molecule has 3 heterocycles. The van der Waals surface area contributed by atoms with Crippen molar-refractivity contribution in [2.24, 2.45) is 0 Å². The van der Waals surface area contributed by atoms with Gasteiger partial charge in [-0.2, -0.15) is 0 Å². The van der Waals surface area contributed by atoms with Crippen molar-refractivity contribution in [2.45, 2.75) is 45.9 Å². The van der Waals surface area contributed by atoms with Crippen LogP contribution in [0.15, 0.2) is 72.8 Å². The van der Waals surface area contributed by atoms with E-state index in [1.165, 1.54) is 61.5 Å². The third-order valence-electron chi connectivity index (χ3n) is 8.21. The maximum Gasteiger partial charge on any atom is 0.220 e. The first-order chi connectivity index (χ1) is 18.0. The lowest BCUT2D eigenvalue weighted by molar-refractivity contribution is 0.305. The van der Waals surface area contributed by atoms with Gasteiger partial charge in [0.15, 0.2) is 0 Å². The molecular weight excluding hydrogens is 553 g/mol. The van der Waals surface area contributed by atoms with E-state index in [9.17, 15) is 0 Å². The summed E-state index contributed by atoms with van der Waals surface area (Å²) in [6.07, 6.45) is 0. The van der Waals surface area contributed by atoms with Crippen molar-refractivity contribution in [2.75, 3.05) is 0 Å². The Labute approximate surface area is 235 Å². The van der Waals surface area contributed by atoms with E-state index in [0.717, 1.165) is 0 Å². The molecule has 4 aromatic carbocycles. The van der Waals surface area contributed by atoms with Crippen LogP contribution in [0.1, 0.15) is 5.56 Å². The van der Waals surface area contributed by atoms with Gasteiger partial charge in [-0.3, -0.25) is 0 Å². The van der Waals surface area contributed by atoms with Gasteiger partial charge < -0.3 is 8.54 Å². The lowest BCUT2D eigenvalue weighted by Gasteiger charge is -2.34. The van der Waals surface area contributed by atoms with Gasteiger partial charge in [0.2, 0.25) is 25.0 Å². The number of thiophene rings is 2. The van der Waals surface area contributed by atoms with Crippen LogP contribution in [0.3, 0.4) is 0 Å². The molecule has 1 aliphatic heterocycles. The van der Waals surface area contributed by atoms with Crippen LogP contribution < -0.4 is 15.6 Å². The van der Waals surface area contributed by atoms with E-state index in [2.05, 4.69) is 112 Å². The van der Waals surface area contributed by atoms with Crippen LogP contribution in [0.4, 0.5) is 0 Å². The molecule has 0 radical (unpaired) electrons. The fourth-order valence-corrected chi connectivity index (χ4v) is 19.1. The molecule has 192 valence electrons. The summed E-state index contributed by atoms with van der Waals surface area (Å²) in [5.41, 5.74) is 1.29. The maximum atomic E-state index is 7.26. The van der Waals surface area contributed by atoms with Crippen molar-refractivity contribution in [3.63, 3.8) is 0 Å². The summed E-state index contributed by atoms with van der Waals surface area (Å²) in [5.74, 6) is 0. The molecule has 0 atom stereocenters. The first-order valence-electron chi connectivity index (χ1n) is 13.3. The van der Waals surface area contributed by atoms with Crippen LogP contribution in [0.2, 0.25) is 39.3 Å². The zero-order chi connectivity index (χ0) is 26.4. The summed E-state index contributed by atoms with van der Waals surface area (Å²) in [6.45, 7) is 14.8. The molecular formula is C31H32O2S2Si3. The minimum atomic E-state index is -2.18. The van der Waals surface area contributed by atoms with Gasteiger partial charge >= 0.3 is 0 Å². The second-order valence-corrected chi connectivity index (χ2v) is 26.0. The summed E-state index contributed by atoms with van der Waals surface area (Å²) < 4.78 is 19.6. The molecule has 2 aromatic heterocycles. The van der Waals surface area contributed by atoms with Crippen molar-refractivity contribution in [1.29, 1.82) is 0 Å². The first-order valence-corrected chi connectivity index (χ1v) is 23.6. The summed E-state index contributed by atoms with van der Waals surface area (Å²) in [5, 5.41) is 9.53. The standard InChI is InChI=1S/C31H32O2S2Si3/c1-36(2)21-13-15-27-25(17-21)23-10-7-9-20(30(23)34-27)19-32-38(5,6)29-12-8-11-24-26-18-22(37(3,4)33-36)14-16-28(26)35-31(24)29/h7-18H,19H2,1-6H3. The van der Waals surface area contributed by atoms with Crippen molar-refractivity contribution in [3.8, 4) is 0 Å². The monoisotopic (exact) mass is 584 g/mol. The Balaban J connectivity index is 1.51. The molecule has 7 rings (SSSR count). The molecule has 0 N–H and O–H groups in total. The minimum absolute atomic E-state index is 0.644. The highest BCUT2D eigenvalue weighted by atomic mass is 32.1. The van der Waals surface area contributed by atoms with Crippen LogP contribution in [0, 0.1) is 0 Å². The van der Waals surface area contributed by atoms with E-state index in [4.69, 9.17) is 8.54 Å². The zero-order valence-electron chi connectivity index (χ0n) is 22.8. The highest BCUT2D eigenvalue weighted by Gasteiger charge is 2.37. The Kier molecular flexibility index (Phi) is 5.53. The predicted molar refractivity (Wildman–Crippen MR) is 176 cm³/mol. The molecule has 0 unspecified atom stereocenters. The summed E-state index contributed by atoms with van der Waals surface area (Å²) in [4.78, 5) is 0. The SMILES string of the molecule is C[Si]1(C)O[Si](C)(C)c2ccc3sc4c(cccc4c3c2)[Si](C)(C)OCc2cccc3c2sc2ccc1cc23. The van der Waals surface area contributed by atoms with Gasteiger partial charge in [-0.25, -0.2) is 0 Å². The fourth-order valence-electron chi connectivity index (χ4n) is 6.08. The Morgan fingerprint density at radius 1 is 0.579 bits per heavy atom. The number of benzene rings is 4. The van der Waals surface area contributed by atoms with E-state index in [1.807, 2.05) is 22.7 Å². The first kappa shape index (κ1) is 24.9. The van der Waals surface area contributed by atoms with Crippen LogP contribution >= 0.6 is 22.7 Å². The molecule has 10 bridgehead atoms. The molecule has 0 aliphatic carbocycles. The molecule has 1 aliphatic rings. The van der Waals surface area contributed by atoms with Crippen molar-refractivity contribution in [1.82, 2.24) is 0 Å². The van der Waals surface area contributed by atoms with Crippen molar-refractivity contribution >= 4 is 104 Å². The second kappa shape index (κ2) is 8.44. The highest BCUT2D eigenvalue weighted by molar-refractivity contribution is 7.27. The van der Waals surface area contributed by atoms with Crippen molar-refractivity contribution < 1.29 is 8.54 Å². The fraction of sp³-hybridized carbons (Fsp3) is 0.226. The molecule has 0 saturated carbocycles. The molecule has 38 heavy (non-hydrogen) atoms. The van der Waals surface area contributed by atoms with E-state index < -0.39 is 25.0 Å². The Hall–Kier alpha value is -2.11. The van der Waals surface area contributed by atoms with Gasteiger partial charge in [-0.15, -0.1) is 22.7 Å². The Morgan fingerprint density at radius 2 is 1.13 bits per heavy atom. The lowest BCUT2D eigenvalue weighted by atomic mass is 10.1. The minimum Gasteiger partial charge on any atom is -0.449 e. The van der Waals surface area contributed by atoms with E-state index in [-0.39, 0.29) is 0 Å². The smallest absolute Gasteiger partial charge is 0.220 e. The molecule has 2 nitrogen and oxygen atoms in total. The second-order valence-electron chi connectivity index (χ2n) is 12.0.